The van der Waals surface area contributed by atoms with Gasteiger partial charge in [0.15, 0.2) is 0 Å². The maximum absolute atomic E-state index is 11.2. The fourth-order valence-corrected chi connectivity index (χ4v) is 1.13. The summed E-state index contributed by atoms with van der Waals surface area (Å²) in [7, 11) is 0. The van der Waals surface area contributed by atoms with Crippen molar-refractivity contribution >= 4 is 0 Å². The number of rotatable bonds is 3. The molecular formula is C9H10N4O. The molecule has 0 amide bonds. The molecule has 1 aliphatic rings. The van der Waals surface area contributed by atoms with E-state index in [-0.39, 0.29) is 11.1 Å². The molecule has 0 radical (unpaired) electrons. The Morgan fingerprint density at radius 2 is 2.50 bits per heavy atom. The van der Waals surface area contributed by atoms with Crippen LogP contribution in [0.4, 0.5) is 0 Å². The van der Waals surface area contributed by atoms with Crippen LogP contribution in [0.25, 0.3) is 0 Å². The average Bonchev–Trinajstić information content (AvgIpc) is 2.98. The third kappa shape index (κ3) is 1.98. The molecule has 0 saturated heterocycles. The minimum absolute atomic E-state index is 0.0557. The van der Waals surface area contributed by atoms with E-state index in [0.29, 0.717) is 18.4 Å². The van der Waals surface area contributed by atoms with Crippen LogP contribution in [0, 0.1) is 11.3 Å². The van der Waals surface area contributed by atoms with Crippen molar-refractivity contribution in [3.63, 3.8) is 0 Å². The van der Waals surface area contributed by atoms with Gasteiger partial charge in [0, 0.05) is 6.04 Å². The lowest BCUT2D eigenvalue weighted by molar-refractivity contribution is 0.655. The van der Waals surface area contributed by atoms with Crippen molar-refractivity contribution in [1.82, 2.24) is 15.3 Å². The van der Waals surface area contributed by atoms with Crippen LogP contribution in [0.5, 0.6) is 0 Å². The number of aromatic amines is 1. The molecule has 0 aliphatic heterocycles. The number of hydrogen-bond acceptors (Lipinski definition) is 4. The number of H-pyrrole nitrogens is 1. The Labute approximate surface area is 80.8 Å². The zero-order valence-corrected chi connectivity index (χ0v) is 7.58. The highest BCUT2D eigenvalue weighted by atomic mass is 16.1. The SMILES string of the molecule is N#Cc1cnc(CNC2CC2)[nH]c1=O. The van der Waals surface area contributed by atoms with E-state index in [4.69, 9.17) is 5.26 Å². The van der Waals surface area contributed by atoms with Crippen molar-refractivity contribution in [1.29, 1.82) is 5.26 Å². The second kappa shape index (κ2) is 3.60. The summed E-state index contributed by atoms with van der Waals surface area (Å²) in [6.45, 7) is 0.561. The van der Waals surface area contributed by atoms with Gasteiger partial charge in [0.25, 0.3) is 5.56 Å². The monoisotopic (exact) mass is 190 g/mol. The molecule has 1 heterocycles. The molecule has 2 rings (SSSR count). The van der Waals surface area contributed by atoms with E-state index in [9.17, 15) is 4.79 Å². The number of nitrogens with one attached hydrogen (secondary N) is 2. The lowest BCUT2D eigenvalue weighted by atomic mass is 10.4. The maximum atomic E-state index is 11.2. The minimum Gasteiger partial charge on any atom is -0.308 e. The van der Waals surface area contributed by atoms with Crippen LogP contribution in [0.2, 0.25) is 0 Å². The van der Waals surface area contributed by atoms with Crippen LogP contribution >= 0.6 is 0 Å². The van der Waals surface area contributed by atoms with E-state index in [0.717, 1.165) is 0 Å². The topological polar surface area (TPSA) is 81.6 Å². The van der Waals surface area contributed by atoms with Gasteiger partial charge in [-0.15, -0.1) is 0 Å². The number of nitriles is 1. The van der Waals surface area contributed by atoms with Gasteiger partial charge in [0.05, 0.1) is 12.7 Å². The number of hydrogen-bond donors (Lipinski definition) is 2. The molecule has 14 heavy (non-hydrogen) atoms. The molecule has 72 valence electrons. The van der Waals surface area contributed by atoms with E-state index in [1.165, 1.54) is 19.0 Å². The fourth-order valence-electron chi connectivity index (χ4n) is 1.13. The highest BCUT2D eigenvalue weighted by Gasteiger charge is 2.20. The Morgan fingerprint density at radius 3 is 3.07 bits per heavy atom. The molecule has 0 spiro atoms. The molecule has 1 aromatic rings. The molecule has 0 aromatic carbocycles. The summed E-state index contributed by atoms with van der Waals surface area (Å²) in [5.74, 6) is 0.584. The Hall–Kier alpha value is -1.67. The van der Waals surface area contributed by atoms with Gasteiger partial charge < -0.3 is 10.3 Å². The van der Waals surface area contributed by atoms with Crippen LogP contribution in [-0.4, -0.2) is 16.0 Å². The molecule has 0 unspecified atom stereocenters. The molecule has 5 nitrogen and oxygen atoms in total. The molecular weight excluding hydrogens is 180 g/mol. The Morgan fingerprint density at radius 1 is 1.71 bits per heavy atom. The maximum Gasteiger partial charge on any atom is 0.268 e. The fraction of sp³-hybridized carbons (Fsp3) is 0.444. The predicted molar refractivity (Wildman–Crippen MR) is 49.4 cm³/mol. The first kappa shape index (κ1) is 8.91. The Bertz CT molecular complexity index is 427. The summed E-state index contributed by atoms with van der Waals surface area (Å²) in [6.07, 6.45) is 3.70. The van der Waals surface area contributed by atoms with Gasteiger partial charge >= 0.3 is 0 Å². The van der Waals surface area contributed by atoms with Crippen LogP contribution in [0.15, 0.2) is 11.0 Å². The summed E-state index contributed by atoms with van der Waals surface area (Å²) in [5, 5.41) is 11.7. The minimum atomic E-state index is -0.366. The van der Waals surface area contributed by atoms with Gasteiger partial charge in [0.1, 0.15) is 17.5 Å². The van der Waals surface area contributed by atoms with Crippen molar-refractivity contribution in [2.45, 2.75) is 25.4 Å². The molecule has 1 aliphatic carbocycles. The smallest absolute Gasteiger partial charge is 0.268 e. The molecule has 1 saturated carbocycles. The van der Waals surface area contributed by atoms with Crippen LogP contribution < -0.4 is 10.9 Å². The first-order chi connectivity index (χ1) is 6.79. The Kier molecular flexibility index (Phi) is 2.29. The van der Waals surface area contributed by atoms with Crippen molar-refractivity contribution in [2.24, 2.45) is 0 Å². The van der Waals surface area contributed by atoms with Crippen LogP contribution in [0.1, 0.15) is 24.2 Å². The Balaban J connectivity index is 2.07. The number of aromatic nitrogens is 2. The second-order valence-corrected chi connectivity index (χ2v) is 3.34. The normalized spacial score (nSPS) is 15.1. The van der Waals surface area contributed by atoms with Crippen molar-refractivity contribution in [2.75, 3.05) is 0 Å². The third-order valence-electron chi connectivity index (χ3n) is 2.11. The van der Waals surface area contributed by atoms with Gasteiger partial charge in [-0.2, -0.15) is 5.26 Å². The van der Waals surface area contributed by atoms with Gasteiger partial charge in [0.2, 0.25) is 0 Å². The van der Waals surface area contributed by atoms with E-state index in [2.05, 4.69) is 15.3 Å². The van der Waals surface area contributed by atoms with Crippen LogP contribution in [-0.2, 0) is 6.54 Å². The van der Waals surface area contributed by atoms with Gasteiger partial charge in [-0.3, -0.25) is 4.79 Å². The van der Waals surface area contributed by atoms with E-state index >= 15 is 0 Å². The lowest BCUT2D eigenvalue weighted by Gasteiger charge is -2.00. The number of nitrogens with zero attached hydrogens (tertiary/aromatic N) is 2. The summed E-state index contributed by atoms with van der Waals surface area (Å²) in [4.78, 5) is 17.7. The van der Waals surface area contributed by atoms with Gasteiger partial charge in [-0.1, -0.05) is 0 Å². The van der Waals surface area contributed by atoms with E-state index in [1.54, 1.807) is 6.07 Å². The van der Waals surface area contributed by atoms with Crippen LogP contribution in [0.3, 0.4) is 0 Å². The summed E-state index contributed by atoms with van der Waals surface area (Å²) >= 11 is 0. The standard InChI is InChI=1S/C9H10N4O/c10-3-6-4-12-8(13-9(6)14)5-11-7-1-2-7/h4,7,11H,1-2,5H2,(H,12,13,14). The molecule has 1 aromatic heterocycles. The molecule has 1 fully saturated rings. The highest BCUT2D eigenvalue weighted by Crippen LogP contribution is 2.18. The average molecular weight is 190 g/mol. The van der Waals surface area contributed by atoms with E-state index < -0.39 is 0 Å². The summed E-state index contributed by atoms with van der Waals surface area (Å²) in [6, 6.07) is 2.35. The molecule has 2 N–H and O–H groups in total. The highest BCUT2D eigenvalue weighted by molar-refractivity contribution is 5.21. The molecule has 0 atom stereocenters. The van der Waals surface area contributed by atoms with Crippen molar-refractivity contribution in [3.8, 4) is 6.07 Å². The summed E-state index contributed by atoms with van der Waals surface area (Å²) < 4.78 is 0. The predicted octanol–water partition coefficient (Wildman–Crippen LogP) is -0.106. The third-order valence-corrected chi connectivity index (χ3v) is 2.11. The molecule has 5 heteroatoms. The van der Waals surface area contributed by atoms with Crippen molar-refractivity contribution < 1.29 is 0 Å². The summed E-state index contributed by atoms with van der Waals surface area (Å²) in [5.41, 5.74) is -0.310. The van der Waals surface area contributed by atoms with Gasteiger partial charge in [-0.05, 0) is 12.8 Å². The zero-order chi connectivity index (χ0) is 9.97. The first-order valence-corrected chi connectivity index (χ1v) is 4.51. The zero-order valence-electron chi connectivity index (χ0n) is 7.58. The second-order valence-electron chi connectivity index (χ2n) is 3.34. The van der Waals surface area contributed by atoms with Crippen molar-refractivity contribution in [3.05, 3.63) is 27.9 Å². The molecule has 0 bridgehead atoms. The van der Waals surface area contributed by atoms with E-state index in [1.807, 2.05) is 0 Å². The first-order valence-electron chi connectivity index (χ1n) is 4.51. The quantitative estimate of drug-likeness (QED) is 0.697. The van der Waals surface area contributed by atoms with Gasteiger partial charge in [-0.25, -0.2) is 4.98 Å². The lowest BCUT2D eigenvalue weighted by Crippen LogP contribution is -2.21. The largest absolute Gasteiger partial charge is 0.308 e.